The third kappa shape index (κ3) is 1.16. The number of rotatable bonds is 1. The topological polar surface area (TPSA) is 70.0 Å². The maximum atomic E-state index is 9.66. The molecule has 0 atom stereocenters. The van der Waals surface area contributed by atoms with E-state index < -0.39 is 0 Å². The van der Waals surface area contributed by atoms with Crippen molar-refractivity contribution in [3.8, 4) is 11.8 Å². The first-order chi connectivity index (χ1) is 6.17. The van der Waals surface area contributed by atoms with E-state index in [2.05, 4.69) is 0 Å². The number of nitriles is 1. The van der Waals surface area contributed by atoms with E-state index in [1.54, 1.807) is 18.2 Å². The Morgan fingerprint density at radius 1 is 1.46 bits per heavy atom. The summed E-state index contributed by atoms with van der Waals surface area (Å²) in [7, 11) is 0. The van der Waals surface area contributed by atoms with Gasteiger partial charge in [0.05, 0.1) is 5.56 Å². The highest BCUT2D eigenvalue weighted by molar-refractivity contribution is 5.51. The molecular weight excluding hydrogens is 164 g/mol. The zero-order chi connectivity index (χ0) is 9.47. The normalized spacial score (nSPS) is 17.8. The molecule has 0 aliphatic heterocycles. The van der Waals surface area contributed by atoms with Crippen LogP contribution in [0.3, 0.4) is 0 Å². The van der Waals surface area contributed by atoms with Crippen LogP contribution in [0.25, 0.3) is 0 Å². The van der Waals surface area contributed by atoms with Crippen molar-refractivity contribution in [2.45, 2.75) is 18.4 Å². The Morgan fingerprint density at radius 3 is 2.69 bits per heavy atom. The van der Waals surface area contributed by atoms with Gasteiger partial charge in [-0.25, -0.2) is 0 Å². The second-order valence-corrected chi connectivity index (χ2v) is 3.47. The molecule has 0 bridgehead atoms. The first-order valence-electron chi connectivity index (χ1n) is 4.19. The molecule has 0 aromatic heterocycles. The molecule has 3 N–H and O–H groups in total. The molecule has 1 aromatic rings. The second-order valence-electron chi connectivity index (χ2n) is 3.47. The molecular formula is C10H10N2O. The average Bonchev–Trinajstić information content (AvgIpc) is 2.85. The van der Waals surface area contributed by atoms with Crippen LogP contribution in [0.1, 0.15) is 24.0 Å². The van der Waals surface area contributed by atoms with Crippen LogP contribution in [0.5, 0.6) is 5.75 Å². The second kappa shape index (κ2) is 2.48. The molecule has 1 aliphatic rings. The third-order valence-corrected chi connectivity index (χ3v) is 2.48. The molecule has 0 unspecified atom stereocenters. The van der Waals surface area contributed by atoms with Gasteiger partial charge in [0.25, 0.3) is 0 Å². The van der Waals surface area contributed by atoms with Crippen LogP contribution >= 0.6 is 0 Å². The number of hydrogen-bond acceptors (Lipinski definition) is 3. The fourth-order valence-electron chi connectivity index (χ4n) is 1.44. The fraction of sp³-hybridized carbons (Fsp3) is 0.300. The molecule has 0 saturated heterocycles. The molecule has 0 spiro atoms. The zero-order valence-corrected chi connectivity index (χ0v) is 7.12. The molecule has 2 rings (SSSR count). The molecule has 0 radical (unpaired) electrons. The molecule has 0 heterocycles. The van der Waals surface area contributed by atoms with Crippen molar-refractivity contribution in [1.29, 1.82) is 5.26 Å². The Kier molecular flexibility index (Phi) is 1.54. The number of phenols is 1. The van der Waals surface area contributed by atoms with E-state index in [4.69, 9.17) is 11.0 Å². The maximum Gasteiger partial charge on any atom is 0.138 e. The van der Waals surface area contributed by atoms with E-state index in [9.17, 15) is 5.11 Å². The third-order valence-electron chi connectivity index (χ3n) is 2.48. The predicted octanol–water partition coefficient (Wildman–Crippen LogP) is 1.21. The summed E-state index contributed by atoms with van der Waals surface area (Å²) in [5, 5.41) is 18.3. The lowest BCUT2D eigenvalue weighted by molar-refractivity contribution is 0.458. The summed E-state index contributed by atoms with van der Waals surface area (Å²) in [5.41, 5.74) is 6.55. The number of para-hydroxylation sites is 1. The minimum Gasteiger partial charge on any atom is -0.506 e. The smallest absolute Gasteiger partial charge is 0.138 e. The SMILES string of the molecule is N#Cc1cccc(C2(N)CC2)c1O. The highest BCUT2D eigenvalue weighted by Gasteiger charge is 2.42. The monoisotopic (exact) mass is 174 g/mol. The Morgan fingerprint density at radius 2 is 2.15 bits per heavy atom. The van der Waals surface area contributed by atoms with E-state index in [1.165, 1.54) is 0 Å². The summed E-state index contributed by atoms with van der Waals surface area (Å²) in [4.78, 5) is 0. The molecule has 1 aliphatic carbocycles. The van der Waals surface area contributed by atoms with Gasteiger partial charge in [-0.15, -0.1) is 0 Å². The standard InChI is InChI=1S/C10H10N2O/c11-6-7-2-1-3-8(9(7)13)10(12)4-5-10/h1-3,13H,4-5,12H2. The van der Waals surface area contributed by atoms with Crippen molar-refractivity contribution in [1.82, 2.24) is 0 Å². The van der Waals surface area contributed by atoms with Crippen molar-refractivity contribution < 1.29 is 5.11 Å². The quantitative estimate of drug-likeness (QED) is 0.672. The van der Waals surface area contributed by atoms with Gasteiger partial charge in [-0.2, -0.15) is 5.26 Å². The van der Waals surface area contributed by atoms with Gasteiger partial charge in [-0.1, -0.05) is 12.1 Å². The van der Waals surface area contributed by atoms with Crippen molar-refractivity contribution in [3.05, 3.63) is 29.3 Å². The summed E-state index contributed by atoms with van der Waals surface area (Å²) in [6.45, 7) is 0. The van der Waals surface area contributed by atoms with Crippen molar-refractivity contribution >= 4 is 0 Å². The Balaban J connectivity index is 2.54. The minimum absolute atomic E-state index is 0.0463. The van der Waals surface area contributed by atoms with Crippen LogP contribution in [0, 0.1) is 11.3 Å². The van der Waals surface area contributed by atoms with Crippen LogP contribution in [0.15, 0.2) is 18.2 Å². The fourth-order valence-corrected chi connectivity index (χ4v) is 1.44. The van der Waals surface area contributed by atoms with E-state index in [0.717, 1.165) is 12.8 Å². The van der Waals surface area contributed by atoms with Crippen LogP contribution in [0.2, 0.25) is 0 Å². The molecule has 1 fully saturated rings. The predicted molar refractivity (Wildman–Crippen MR) is 47.9 cm³/mol. The lowest BCUT2D eigenvalue weighted by Gasteiger charge is -2.11. The summed E-state index contributed by atoms with van der Waals surface area (Å²) >= 11 is 0. The summed E-state index contributed by atoms with van der Waals surface area (Å²) in [6.07, 6.45) is 1.77. The first-order valence-corrected chi connectivity index (χ1v) is 4.19. The molecule has 13 heavy (non-hydrogen) atoms. The van der Waals surface area contributed by atoms with Gasteiger partial charge in [-0.05, 0) is 18.9 Å². The van der Waals surface area contributed by atoms with Gasteiger partial charge in [0.2, 0.25) is 0 Å². The minimum atomic E-state index is -0.378. The zero-order valence-electron chi connectivity index (χ0n) is 7.12. The summed E-state index contributed by atoms with van der Waals surface area (Å²) in [6, 6.07) is 7.05. The van der Waals surface area contributed by atoms with Gasteiger partial charge < -0.3 is 10.8 Å². The number of nitrogens with zero attached hydrogens (tertiary/aromatic N) is 1. The van der Waals surface area contributed by atoms with E-state index >= 15 is 0 Å². The van der Waals surface area contributed by atoms with Gasteiger partial charge in [0.1, 0.15) is 11.8 Å². The lowest BCUT2D eigenvalue weighted by Crippen LogP contribution is -2.18. The van der Waals surface area contributed by atoms with Crippen LogP contribution < -0.4 is 5.73 Å². The van der Waals surface area contributed by atoms with Crippen LogP contribution in [-0.4, -0.2) is 5.11 Å². The van der Waals surface area contributed by atoms with E-state index in [0.29, 0.717) is 11.1 Å². The number of hydrogen-bond donors (Lipinski definition) is 2. The van der Waals surface area contributed by atoms with Crippen molar-refractivity contribution in [2.75, 3.05) is 0 Å². The van der Waals surface area contributed by atoms with Gasteiger partial charge in [0, 0.05) is 11.1 Å². The number of benzene rings is 1. The summed E-state index contributed by atoms with van der Waals surface area (Å²) < 4.78 is 0. The van der Waals surface area contributed by atoms with E-state index in [1.807, 2.05) is 6.07 Å². The average molecular weight is 174 g/mol. The number of nitrogens with two attached hydrogens (primary N) is 1. The van der Waals surface area contributed by atoms with Crippen molar-refractivity contribution in [2.24, 2.45) is 5.73 Å². The molecule has 1 aromatic carbocycles. The largest absolute Gasteiger partial charge is 0.506 e. The lowest BCUT2D eigenvalue weighted by atomic mass is 10.0. The molecule has 1 saturated carbocycles. The molecule has 0 amide bonds. The highest BCUT2D eigenvalue weighted by Crippen LogP contribution is 2.46. The Labute approximate surface area is 76.4 Å². The Bertz CT molecular complexity index is 388. The number of aromatic hydroxyl groups is 1. The molecule has 3 nitrogen and oxygen atoms in total. The summed E-state index contributed by atoms with van der Waals surface area (Å²) in [5.74, 6) is 0.0463. The molecule has 3 heteroatoms. The van der Waals surface area contributed by atoms with E-state index in [-0.39, 0.29) is 11.3 Å². The van der Waals surface area contributed by atoms with Crippen LogP contribution in [-0.2, 0) is 5.54 Å². The van der Waals surface area contributed by atoms with Crippen molar-refractivity contribution in [3.63, 3.8) is 0 Å². The first kappa shape index (κ1) is 8.09. The number of phenolic OH excluding ortho intramolecular Hbond substituents is 1. The molecule has 66 valence electrons. The highest BCUT2D eigenvalue weighted by atomic mass is 16.3. The Hall–Kier alpha value is -1.53. The van der Waals surface area contributed by atoms with Gasteiger partial charge >= 0.3 is 0 Å². The van der Waals surface area contributed by atoms with Gasteiger partial charge in [-0.3, -0.25) is 0 Å². The van der Waals surface area contributed by atoms with Crippen LogP contribution in [0.4, 0.5) is 0 Å². The maximum absolute atomic E-state index is 9.66. The van der Waals surface area contributed by atoms with Gasteiger partial charge in [0.15, 0.2) is 0 Å².